The second kappa shape index (κ2) is 5.17. The van der Waals surface area contributed by atoms with Crippen LogP contribution in [0.2, 0.25) is 0 Å². The van der Waals surface area contributed by atoms with Crippen LogP contribution in [-0.4, -0.2) is 35.4 Å². The molecule has 1 aromatic heterocycles. The number of para-hydroxylation sites is 1. The van der Waals surface area contributed by atoms with Gasteiger partial charge in [-0.2, -0.15) is 0 Å². The van der Waals surface area contributed by atoms with Gasteiger partial charge >= 0.3 is 0 Å². The van der Waals surface area contributed by atoms with Crippen LogP contribution >= 0.6 is 11.6 Å². The van der Waals surface area contributed by atoms with E-state index in [1.54, 1.807) is 0 Å². The summed E-state index contributed by atoms with van der Waals surface area (Å²) in [7, 11) is 0. The number of fused-ring (bicyclic) bond motifs is 1. The second-order valence-corrected chi connectivity index (χ2v) is 5.09. The van der Waals surface area contributed by atoms with E-state index < -0.39 is 0 Å². The minimum atomic E-state index is 0.719. The summed E-state index contributed by atoms with van der Waals surface area (Å²) >= 11 is 5.78. The molecule has 18 heavy (non-hydrogen) atoms. The molecule has 0 radical (unpaired) electrons. The van der Waals surface area contributed by atoms with Crippen molar-refractivity contribution < 1.29 is 0 Å². The van der Waals surface area contributed by atoms with Crippen molar-refractivity contribution in [2.24, 2.45) is 0 Å². The van der Waals surface area contributed by atoms with Gasteiger partial charge in [-0.3, -0.25) is 4.90 Å². The van der Waals surface area contributed by atoms with Gasteiger partial charge in [-0.05, 0) is 18.1 Å². The fraction of sp³-hybridized carbons (Fsp3) is 0.333. The highest BCUT2D eigenvalue weighted by molar-refractivity contribution is 6.18. The zero-order valence-electron chi connectivity index (χ0n) is 10.3. The van der Waals surface area contributed by atoms with Crippen LogP contribution in [0, 0.1) is 0 Å². The van der Waals surface area contributed by atoms with Crippen molar-refractivity contribution in [3.05, 3.63) is 42.1 Å². The molecular formula is C15H17ClN2. The summed E-state index contributed by atoms with van der Waals surface area (Å²) in [5, 5.41) is 1.33. The van der Waals surface area contributed by atoms with E-state index in [1.165, 1.54) is 22.0 Å². The van der Waals surface area contributed by atoms with Gasteiger partial charge in [0, 0.05) is 48.2 Å². The molecule has 2 aromatic rings. The van der Waals surface area contributed by atoms with Crippen molar-refractivity contribution in [1.82, 2.24) is 9.88 Å². The van der Waals surface area contributed by atoms with E-state index in [0.29, 0.717) is 0 Å². The number of aromatic nitrogens is 1. The first-order valence-corrected chi connectivity index (χ1v) is 6.96. The van der Waals surface area contributed by atoms with Gasteiger partial charge < -0.3 is 4.98 Å². The first kappa shape index (κ1) is 11.8. The highest BCUT2D eigenvalue weighted by Gasteiger charge is 2.14. The summed E-state index contributed by atoms with van der Waals surface area (Å²) in [6.45, 7) is 3.11. The SMILES string of the molecule is ClCCN1CC=C(c2c[nH]c3ccccc23)CC1. The summed E-state index contributed by atoms with van der Waals surface area (Å²) in [6.07, 6.45) is 5.58. The van der Waals surface area contributed by atoms with E-state index in [-0.39, 0.29) is 0 Å². The average Bonchev–Trinajstić information content (AvgIpc) is 2.84. The molecule has 0 saturated heterocycles. The molecule has 0 bridgehead atoms. The van der Waals surface area contributed by atoms with Crippen molar-refractivity contribution in [2.75, 3.05) is 25.5 Å². The first-order valence-electron chi connectivity index (χ1n) is 6.42. The van der Waals surface area contributed by atoms with Gasteiger partial charge in [0.2, 0.25) is 0 Å². The minimum Gasteiger partial charge on any atom is -0.361 e. The molecule has 0 fully saturated rings. The molecule has 3 heteroatoms. The first-order chi connectivity index (χ1) is 8.88. The highest BCUT2D eigenvalue weighted by atomic mass is 35.5. The molecule has 3 rings (SSSR count). The van der Waals surface area contributed by atoms with Gasteiger partial charge in [0.25, 0.3) is 0 Å². The third-order valence-corrected chi connectivity index (χ3v) is 3.80. The predicted molar refractivity (Wildman–Crippen MR) is 78.1 cm³/mol. The summed E-state index contributed by atoms with van der Waals surface area (Å²) in [4.78, 5) is 5.74. The molecule has 1 aromatic carbocycles. The molecule has 0 saturated carbocycles. The average molecular weight is 261 g/mol. The number of alkyl halides is 1. The maximum atomic E-state index is 5.78. The summed E-state index contributed by atoms with van der Waals surface area (Å²) in [5.74, 6) is 0.719. The largest absolute Gasteiger partial charge is 0.361 e. The van der Waals surface area contributed by atoms with Crippen molar-refractivity contribution in [1.29, 1.82) is 0 Å². The van der Waals surface area contributed by atoms with Gasteiger partial charge in [-0.1, -0.05) is 24.3 Å². The van der Waals surface area contributed by atoms with Crippen LogP contribution in [0.1, 0.15) is 12.0 Å². The van der Waals surface area contributed by atoms with Crippen molar-refractivity contribution in [3.8, 4) is 0 Å². The zero-order valence-corrected chi connectivity index (χ0v) is 11.1. The lowest BCUT2D eigenvalue weighted by Gasteiger charge is -2.25. The Morgan fingerprint density at radius 3 is 2.94 bits per heavy atom. The Kier molecular flexibility index (Phi) is 3.39. The van der Waals surface area contributed by atoms with Gasteiger partial charge in [-0.15, -0.1) is 11.6 Å². The molecule has 1 aliphatic heterocycles. The monoisotopic (exact) mass is 260 g/mol. The lowest BCUT2D eigenvalue weighted by molar-refractivity contribution is 0.320. The Bertz CT molecular complexity index is 571. The normalized spacial score (nSPS) is 17.1. The number of hydrogen-bond donors (Lipinski definition) is 1. The number of H-pyrrole nitrogens is 1. The van der Waals surface area contributed by atoms with Crippen molar-refractivity contribution in [3.63, 3.8) is 0 Å². The number of rotatable bonds is 3. The smallest absolute Gasteiger partial charge is 0.0460 e. The Labute approximate surface area is 112 Å². The summed E-state index contributed by atoms with van der Waals surface area (Å²) in [5.41, 5.74) is 4.03. The van der Waals surface area contributed by atoms with E-state index in [0.717, 1.165) is 31.9 Å². The zero-order chi connectivity index (χ0) is 12.4. The second-order valence-electron chi connectivity index (χ2n) is 4.72. The van der Waals surface area contributed by atoms with Gasteiger partial charge in [0.15, 0.2) is 0 Å². The predicted octanol–water partition coefficient (Wildman–Crippen LogP) is 3.50. The van der Waals surface area contributed by atoms with Crippen LogP contribution in [0.5, 0.6) is 0 Å². The third kappa shape index (κ3) is 2.18. The van der Waals surface area contributed by atoms with E-state index in [9.17, 15) is 0 Å². The lowest BCUT2D eigenvalue weighted by atomic mass is 9.99. The van der Waals surface area contributed by atoms with Crippen LogP contribution in [0.4, 0.5) is 0 Å². The molecule has 1 aliphatic rings. The quantitative estimate of drug-likeness (QED) is 0.837. The fourth-order valence-corrected chi connectivity index (χ4v) is 2.85. The van der Waals surface area contributed by atoms with E-state index in [1.807, 2.05) is 0 Å². The Balaban J connectivity index is 1.87. The maximum Gasteiger partial charge on any atom is 0.0460 e. The lowest BCUT2D eigenvalue weighted by Crippen LogP contribution is -2.30. The Hall–Kier alpha value is -1.25. The molecule has 2 heterocycles. The van der Waals surface area contributed by atoms with Crippen LogP contribution in [0.15, 0.2) is 36.5 Å². The van der Waals surface area contributed by atoms with Gasteiger partial charge in [0.1, 0.15) is 0 Å². The van der Waals surface area contributed by atoms with E-state index >= 15 is 0 Å². The molecule has 2 nitrogen and oxygen atoms in total. The number of nitrogens with zero attached hydrogens (tertiary/aromatic N) is 1. The number of nitrogens with one attached hydrogen (secondary N) is 1. The van der Waals surface area contributed by atoms with Crippen LogP contribution in [-0.2, 0) is 0 Å². The van der Waals surface area contributed by atoms with E-state index in [2.05, 4.69) is 46.4 Å². The molecule has 0 atom stereocenters. The van der Waals surface area contributed by atoms with Crippen molar-refractivity contribution in [2.45, 2.75) is 6.42 Å². The Morgan fingerprint density at radius 2 is 2.17 bits per heavy atom. The van der Waals surface area contributed by atoms with Gasteiger partial charge in [-0.25, -0.2) is 0 Å². The van der Waals surface area contributed by atoms with E-state index in [4.69, 9.17) is 11.6 Å². The topological polar surface area (TPSA) is 19.0 Å². The standard InChI is InChI=1S/C15H17ClN2/c16-7-10-18-8-5-12(6-9-18)14-11-17-15-4-2-1-3-13(14)15/h1-5,11,17H,6-10H2. The third-order valence-electron chi connectivity index (χ3n) is 3.63. The minimum absolute atomic E-state index is 0.719. The van der Waals surface area contributed by atoms with Crippen LogP contribution in [0.25, 0.3) is 16.5 Å². The maximum absolute atomic E-state index is 5.78. The molecular weight excluding hydrogens is 244 g/mol. The number of hydrogen-bond acceptors (Lipinski definition) is 1. The van der Waals surface area contributed by atoms with Gasteiger partial charge in [0.05, 0.1) is 0 Å². The number of aromatic amines is 1. The molecule has 0 unspecified atom stereocenters. The molecule has 0 aliphatic carbocycles. The molecule has 0 spiro atoms. The molecule has 94 valence electrons. The fourth-order valence-electron chi connectivity index (χ4n) is 2.62. The van der Waals surface area contributed by atoms with Crippen LogP contribution in [0.3, 0.4) is 0 Å². The van der Waals surface area contributed by atoms with Crippen molar-refractivity contribution >= 4 is 28.1 Å². The number of benzene rings is 1. The highest BCUT2D eigenvalue weighted by Crippen LogP contribution is 2.28. The Morgan fingerprint density at radius 1 is 1.28 bits per heavy atom. The molecule has 0 amide bonds. The number of halogens is 1. The molecule has 1 N–H and O–H groups in total. The summed E-state index contributed by atoms with van der Waals surface area (Å²) < 4.78 is 0. The summed E-state index contributed by atoms with van der Waals surface area (Å²) in [6, 6.07) is 8.48. The van der Waals surface area contributed by atoms with Crippen LogP contribution < -0.4 is 0 Å².